The van der Waals surface area contributed by atoms with E-state index in [1.54, 1.807) is 36.4 Å². The number of amides is 2. The number of carbonyl (C=O) groups is 2. The van der Waals surface area contributed by atoms with Crippen LogP contribution in [0.2, 0.25) is 5.02 Å². The van der Waals surface area contributed by atoms with E-state index in [0.29, 0.717) is 33.5 Å². The molecule has 0 aliphatic carbocycles. The fourth-order valence-electron chi connectivity index (χ4n) is 2.44. The molecule has 3 rings (SSSR count). The standard InChI is InChI=1S/C18H17ClN6O3/c1-11(26)20-14-8-7-12(9-13(14)19)18-22-24-25(23-18)10-17(27)21-15-5-3-4-6-16(15)28-2/h3-9H,10H2,1-2H3,(H,20,26)(H,21,27). The third kappa shape index (κ3) is 4.63. The van der Waals surface area contributed by atoms with Crippen molar-refractivity contribution < 1.29 is 14.3 Å². The van der Waals surface area contributed by atoms with E-state index in [2.05, 4.69) is 26.0 Å². The van der Waals surface area contributed by atoms with Gasteiger partial charge in [0.15, 0.2) is 0 Å². The highest BCUT2D eigenvalue weighted by molar-refractivity contribution is 6.34. The van der Waals surface area contributed by atoms with E-state index < -0.39 is 0 Å². The highest BCUT2D eigenvalue weighted by Gasteiger charge is 2.13. The predicted octanol–water partition coefficient (Wildman–Crippen LogP) is 2.60. The number of halogens is 1. The second-order valence-corrected chi connectivity index (χ2v) is 6.17. The Morgan fingerprint density at radius 3 is 2.64 bits per heavy atom. The molecule has 2 amide bonds. The molecule has 144 valence electrons. The van der Waals surface area contributed by atoms with Crippen LogP contribution in [0, 0.1) is 0 Å². The predicted molar refractivity (Wildman–Crippen MR) is 104 cm³/mol. The molecule has 0 saturated carbocycles. The zero-order chi connectivity index (χ0) is 20.1. The van der Waals surface area contributed by atoms with Gasteiger partial charge in [-0.15, -0.1) is 10.2 Å². The van der Waals surface area contributed by atoms with Crippen molar-refractivity contribution in [3.05, 3.63) is 47.5 Å². The normalized spacial score (nSPS) is 10.4. The monoisotopic (exact) mass is 400 g/mol. The van der Waals surface area contributed by atoms with Crippen molar-refractivity contribution >= 4 is 34.8 Å². The molecule has 0 bridgehead atoms. The lowest BCUT2D eigenvalue weighted by Gasteiger charge is -2.09. The summed E-state index contributed by atoms with van der Waals surface area (Å²) in [5.41, 5.74) is 1.65. The number of anilines is 2. The van der Waals surface area contributed by atoms with Gasteiger partial charge in [-0.25, -0.2) is 0 Å². The van der Waals surface area contributed by atoms with Gasteiger partial charge in [0.05, 0.1) is 23.5 Å². The smallest absolute Gasteiger partial charge is 0.248 e. The summed E-state index contributed by atoms with van der Waals surface area (Å²) in [7, 11) is 1.53. The third-order valence-corrected chi connectivity index (χ3v) is 3.97. The lowest BCUT2D eigenvalue weighted by Crippen LogP contribution is -2.20. The number of carbonyl (C=O) groups excluding carboxylic acids is 2. The molecule has 2 aromatic carbocycles. The van der Waals surface area contributed by atoms with Gasteiger partial charge in [-0.1, -0.05) is 23.7 Å². The minimum absolute atomic E-state index is 0.122. The van der Waals surface area contributed by atoms with Crippen LogP contribution in [-0.2, 0) is 16.1 Å². The Kier molecular flexibility index (Phi) is 5.85. The maximum atomic E-state index is 12.2. The molecule has 0 radical (unpaired) electrons. The number of methoxy groups -OCH3 is 1. The number of rotatable bonds is 6. The summed E-state index contributed by atoms with van der Waals surface area (Å²) in [6.45, 7) is 1.27. The number of ether oxygens (including phenoxy) is 1. The molecule has 0 unspecified atom stereocenters. The second kappa shape index (κ2) is 8.49. The van der Waals surface area contributed by atoms with Crippen molar-refractivity contribution in [3.63, 3.8) is 0 Å². The maximum absolute atomic E-state index is 12.2. The van der Waals surface area contributed by atoms with Gasteiger partial charge in [-0.3, -0.25) is 9.59 Å². The molecule has 9 nitrogen and oxygen atoms in total. The molecule has 0 fully saturated rings. The second-order valence-electron chi connectivity index (χ2n) is 5.77. The highest BCUT2D eigenvalue weighted by atomic mass is 35.5. The highest BCUT2D eigenvalue weighted by Crippen LogP contribution is 2.27. The fourth-order valence-corrected chi connectivity index (χ4v) is 2.66. The van der Waals surface area contributed by atoms with Crippen LogP contribution in [0.3, 0.4) is 0 Å². The van der Waals surface area contributed by atoms with Gasteiger partial charge in [-0.05, 0) is 35.5 Å². The molecular weight excluding hydrogens is 384 g/mol. The molecule has 0 saturated heterocycles. The fraction of sp³-hybridized carbons (Fsp3) is 0.167. The molecule has 1 aromatic heterocycles. The molecule has 3 aromatic rings. The first kappa shape index (κ1) is 19.3. The van der Waals surface area contributed by atoms with Crippen LogP contribution in [-0.4, -0.2) is 39.1 Å². The van der Waals surface area contributed by atoms with Gasteiger partial charge in [0, 0.05) is 12.5 Å². The topological polar surface area (TPSA) is 111 Å². The minimum atomic E-state index is -0.326. The van der Waals surface area contributed by atoms with Crippen molar-refractivity contribution in [2.24, 2.45) is 0 Å². The summed E-state index contributed by atoms with van der Waals surface area (Å²) >= 11 is 6.16. The van der Waals surface area contributed by atoms with E-state index in [9.17, 15) is 9.59 Å². The number of benzene rings is 2. The van der Waals surface area contributed by atoms with E-state index >= 15 is 0 Å². The van der Waals surface area contributed by atoms with Gasteiger partial charge in [0.1, 0.15) is 12.3 Å². The molecule has 0 aliphatic rings. The van der Waals surface area contributed by atoms with Crippen LogP contribution in [0.4, 0.5) is 11.4 Å². The minimum Gasteiger partial charge on any atom is -0.495 e. The first-order valence-electron chi connectivity index (χ1n) is 8.24. The Bertz CT molecular complexity index is 1020. The number of hydrogen-bond donors (Lipinski definition) is 2. The number of aromatic nitrogens is 4. The molecule has 0 aliphatic heterocycles. The summed E-state index contributed by atoms with van der Waals surface area (Å²) in [4.78, 5) is 24.6. The molecular formula is C18H17ClN6O3. The molecule has 2 N–H and O–H groups in total. The third-order valence-electron chi connectivity index (χ3n) is 3.66. The number of nitrogens with zero attached hydrogens (tertiary/aromatic N) is 4. The lowest BCUT2D eigenvalue weighted by atomic mass is 10.2. The van der Waals surface area contributed by atoms with E-state index in [1.165, 1.54) is 18.8 Å². The number of nitrogens with one attached hydrogen (secondary N) is 2. The van der Waals surface area contributed by atoms with Crippen LogP contribution in [0.15, 0.2) is 42.5 Å². The molecule has 1 heterocycles. The summed E-state index contributed by atoms with van der Waals surface area (Å²) < 4.78 is 5.20. The van der Waals surface area contributed by atoms with Crippen LogP contribution in [0.25, 0.3) is 11.4 Å². The van der Waals surface area contributed by atoms with Gasteiger partial charge in [0.2, 0.25) is 17.6 Å². The molecule has 28 heavy (non-hydrogen) atoms. The zero-order valence-corrected chi connectivity index (χ0v) is 15.9. The quantitative estimate of drug-likeness (QED) is 0.657. The zero-order valence-electron chi connectivity index (χ0n) is 15.1. The average Bonchev–Trinajstić information content (AvgIpc) is 3.11. The number of para-hydroxylation sites is 2. The molecule has 0 atom stereocenters. The first-order valence-corrected chi connectivity index (χ1v) is 8.62. The summed E-state index contributed by atoms with van der Waals surface area (Å²) in [6, 6.07) is 12.0. The van der Waals surface area contributed by atoms with E-state index in [-0.39, 0.29) is 18.4 Å². The number of hydrogen-bond acceptors (Lipinski definition) is 6. The molecule has 10 heteroatoms. The average molecular weight is 401 g/mol. The Morgan fingerprint density at radius 1 is 1.14 bits per heavy atom. The van der Waals surface area contributed by atoms with E-state index in [0.717, 1.165) is 0 Å². The van der Waals surface area contributed by atoms with Gasteiger partial charge in [-0.2, -0.15) is 4.80 Å². The first-order chi connectivity index (χ1) is 13.5. The van der Waals surface area contributed by atoms with Crippen LogP contribution in [0.1, 0.15) is 6.92 Å². The molecule has 0 spiro atoms. The van der Waals surface area contributed by atoms with Crippen LogP contribution >= 0.6 is 11.6 Å². The Hall–Kier alpha value is -3.46. The Morgan fingerprint density at radius 2 is 1.93 bits per heavy atom. The van der Waals surface area contributed by atoms with Crippen molar-refractivity contribution in [1.29, 1.82) is 0 Å². The largest absolute Gasteiger partial charge is 0.495 e. The summed E-state index contributed by atoms with van der Waals surface area (Å²) in [5.74, 6) is 0.311. The lowest BCUT2D eigenvalue weighted by molar-refractivity contribution is -0.117. The van der Waals surface area contributed by atoms with Crippen molar-refractivity contribution in [1.82, 2.24) is 20.2 Å². The summed E-state index contributed by atoms with van der Waals surface area (Å²) in [5, 5.41) is 17.7. The van der Waals surface area contributed by atoms with E-state index in [1.807, 2.05) is 6.07 Å². The maximum Gasteiger partial charge on any atom is 0.248 e. The van der Waals surface area contributed by atoms with Gasteiger partial charge in [0.25, 0.3) is 0 Å². The summed E-state index contributed by atoms with van der Waals surface area (Å²) in [6.07, 6.45) is 0. The van der Waals surface area contributed by atoms with Crippen molar-refractivity contribution in [3.8, 4) is 17.1 Å². The Balaban J connectivity index is 1.69. The van der Waals surface area contributed by atoms with Crippen molar-refractivity contribution in [2.75, 3.05) is 17.7 Å². The SMILES string of the molecule is COc1ccccc1NC(=O)Cn1nnc(-c2ccc(NC(C)=O)c(Cl)c2)n1. The van der Waals surface area contributed by atoms with Gasteiger partial charge >= 0.3 is 0 Å². The van der Waals surface area contributed by atoms with Crippen LogP contribution < -0.4 is 15.4 Å². The van der Waals surface area contributed by atoms with E-state index in [4.69, 9.17) is 16.3 Å². The van der Waals surface area contributed by atoms with Gasteiger partial charge < -0.3 is 15.4 Å². The van der Waals surface area contributed by atoms with Crippen LogP contribution in [0.5, 0.6) is 5.75 Å². The van der Waals surface area contributed by atoms with Crippen molar-refractivity contribution in [2.45, 2.75) is 13.5 Å². The number of tetrazole rings is 1. The Labute approximate surface area is 165 Å².